The standard InChI is InChI=1S/C26H31FN6O3/c1-25(2,35)22(14-4-6-15(27)7-5-14)30-24(34)29-21-10-19-16(11-28-21)23(32-31-19)33-12-17-18(13-33)26(3)9-8-20(17)36-26/h4-7,10-11,17-18,20,22,35H,8-9,12-13H2,1-3H3,(H,31,32)(H2,28,29,30,34). The fraction of sp³-hybridized carbons (Fsp3) is 0.500. The highest BCUT2D eigenvalue weighted by Gasteiger charge is 2.59. The molecule has 6 rings (SSSR count). The van der Waals surface area contributed by atoms with Crippen LogP contribution < -0.4 is 15.5 Å². The minimum absolute atomic E-state index is 0.0200. The van der Waals surface area contributed by atoms with Crippen LogP contribution in [0.4, 0.5) is 20.8 Å². The van der Waals surface area contributed by atoms with Crippen LogP contribution in [0.2, 0.25) is 0 Å². The molecule has 4 N–H and O–H groups in total. The zero-order chi connectivity index (χ0) is 25.2. The van der Waals surface area contributed by atoms with E-state index in [-0.39, 0.29) is 11.4 Å². The van der Waals surface area contributed by atoms with E-state index in [0.29, 0.717) is 29.3 Å². The molecule has 2 bridgehead atoms. The zero-order valence-electron chi connectivity index (χ0n) is 20.6. The smallest absolute Gasteiger partial charge is 0.320 e. The zero-order valence-corrected chi connectivity index (χ0v) is 20.6. The molecule has 0 radical (unpaired) electrons. The molecular weight excluding hydrogens is 463 g/mol. The van der Waals surface area contributed by atoms with Gasteiger partial charge in [-0.1, -0.05) is 12.1 Å². The highest BCUT2D eigenvalue weighted by molar-refractivity contribution is 5.94. The third-order valence-electron chi connectivity index (χ3n) is 8.13. The van der Waals surface area contributed by atoms with Crippen molar-refractivity contribution in [3.63, 3.8) is 0 Å². The molecule has 3 saturated heterocycles. The van der Waals surface area contributed by atoms with Gasteiger partial charge in [-0.15, -0.1) is 0 Å². The Labute approximate surface area is 208 Å². The van der Waals surface area contributed by atoms with Gasteiger partial charge in [-0.05, 0) is 51.3 Å². The molecule has 9 nitrogen and oxygen atoms in total. The quantitative estimate of drug-likeness (QED) is 0.430. The van der Waals surface area contributed by atoms with Crippen LogP contribution in [0.1, 0.15) is 45.2 Å². The van der Waals surface area contributed by atoms with Gasteiger partial charge in [0.1, 0.15) is 11.6 Å². The Morgan fingerprint density at radius 1 is 1.33 bits per heavy atom. The van der Waals surface area contributed by atoms with Gasteiger partial charge in [-0.2, -0.15) is 5.10 Å². The number of nitrogens with one attached hydrogen (secondary N) is 3. The van der Waals surface area contributed by atoms with Crippen LogP contribution in [-0.2, 0) is 4.74 Å². The van der Waals surface area contributed by atoms with Crippen molar-refractivity contribution >= 4 is 28.6 Å². The highest BCUT2D eigenvalue weighted by atomic mass is 19.1. The Balaban J connectivity index is 1.16. The average molecular weight is 495 g/mol. The lowest BCUT2D eigenvalue weighted by Crippen LogP contribution is -2.44. The number of rotatable bonds is 5. The van der Waals surface area contributed by atoms with Gasteiger partial charge in [0.05, 0.1) is 34.3 Å². The molecule has 3 aromatic rings. The van der Waals surface area contributed by atoms with Gasteiger partial charge in [0, 0.05) is 37.2 Å². The Hall–Kier alpha value is -3.24. The minimum atomic E-state index is -1.28. The lowest BCUT2D eigenvalue weighted by Gasteiger charge is -2.30. The SMILES string of the molecule is CC(C)(O)C(NC(=O)Nc1cc2[nH]nc(N3CC4C5CCC(C)(O5)C4C3)c2cn1)c1ccc(F)cc1. The van der Waals surface area contributed by atoms with E-state index in [1.54, 1.807) is 38.2 Å². The Morgan fingerprint density at radius 2 is 2.11 bits per heavy atom. The molecule has 36 heavy (non-hydrogen) atoms. The van der Waals surface area contributed by atoms with E-state index in [1.807, 2.05) is 0 Å². The van der Waals surface area contributed by atoms with Crippen molar-refractivity contribution in [1.29, 1.82) is 0 Å². The molecule has 3 fully saturated rings. The maximum absolute atomic E-state index is 13.4. The number of H-pyrrole nitrogens is 1. The number of fused-ring (bicyclic) bond motifs is 6. The number of pyridine rings is 1. The van der Waals surface area contributed by atoms with E-state index in [9.17, 15) is 14.3 Å². The number of aromatic amines is 1. The van der Waals surface area contributed by atoms with E-state index >= 15 is 0 Å². The monoisotopic (exact) mass is 494 g/mol. The summed E-state index contributed by atoms with van der Waals surface area (Å²) >= 11 is 0. The summed E-state index contributed by atoms with van der Waals surface area (Å²) in [5.41, 5.74) is 0.0629. The summed E-state index contributed by atoms with van der Waals surface area (Å²) in [5.74, 6) is 1.90. The van der Waals surface area contributed by atoms with Crippen LogP contribution in [0.25, 0.3) is 10.9 Å². The van der Waals surface area contributed by atoms with Crippen molar-refractivity contribution < 1.29 is 19.0 Å². The normalized spacial score (nSPS) is 27.9. The molecule has 10 heteroatoms. The van der Waals surface area contributed by atoms with Gasteiger partial charge in [0.2, 0.25) is 0 Å². The fourth-order valence-electron chi connectivity index (χ4n) is 6.31. The average Bonchev–Trinajstić information content (AvgIpc) is 3.57. The van der Waals surface area contributed by atoms with Gasteiger partial charge in [-0.3, -0.25) is 10.4 Å². The number of ether oxygens (including phenoxy) is 1. The molecule has 0 saturated carbocycles. The largest absolute Gasteiger partial charge is 0.388 e. The number of carbonyl (C=O) groups is 1. The number of aromatic nitrogens is 3. The predicted molar refractivity (Wildman–Crippen MR) is 133 cm³/mol. The van der Waals surface area contributed by atoms with Crippen LogP contribution in [-0.4, -0.2) is 56.7 Å². The molecule has 3 aliphatic heterocycles. The summed E-state index contributed by atoms with van der Waals surface area (Å²) in [5, 5.41) is 24.7. The van der Waals surface area contributed by atoms with Gasteiger partial charge >= 0.3 is 6.03 Å². The molecule has 0 spiro atoms. The number of hydrogen-bond donors (Lipinski definition) is 4. The topological polar surface area (TPSA) is 115 Å². The molecule has 190 valence electrons. The predicted octanol–water partition coefficient (Wildman–Crippen LogP) is 3.73. The van der Waals surface area contributed by atoms with Crippen LogP contribution >= 0.6 is 0 Å². The van der Waals surface area contributed by atoms with Crippen molar-refractivity contribution in [2.45, 2.75) is 57.0 Å². The fourth-order valence-corrected chi connectivity index (χ4v) is 6.31. The first-order valence-corrected chi connectivity index (χ1v) is 12.4. The van der Waals surface area contributed by atoms with Gasteiger partial charge in [-0.25, -0.2) is 14.2 Å². The van der Waals surface area contributed by atoms with Crippen LogP contribution in [0, 0.1) is 17.7 Å². The van der Waals surface area contributed by atoms with Gasteiger partial charge < -0.3 is 20.1 Å². The third-order valence-corrected chi connectivity index (χ3v) is 8.13. The highest BCUT2D eigenvalue weighted by Crippen LogP contribution is 2.54. The molecule has 1 aromatic carbocycles. The summed E-state index contributed by atoms with van der Waals surface area (Å²) in [6, 6.07) is 6.13. The number of halogens is 1. The maximum atomic E-state index is 13.4. The molecule has 5 unspecified atom stereocenters. The number of amides is 2. The molecule has 3 aliphatic rings. The van der Waals surface area contributed by atoms with Crippen LogP contribution in [0.5, 0.6) is 0 Å². The number of nitrogens with zero attached hydrogens (tertiary/aromatic N) is 3. The second kappa shape index (κ2) is 8.14. The van der Waals surface area contributed by atoms with E-state index in [1.165, 1.54) is 12.1 Å². The molecule has 5 heterocycles. The summed E-state index contributed by atoms with van der Waals surface area (Å²) in [6.45, 7) is 7.26. The Bertz CT molecular complexity index is 1310. The second-order valence-electron chi connectivity index (χ2n) is 11.1. The third kappa shape index (κ3) is 3.88. The Kier molecular flexibility index (Phi) is 5.24. The molecule has 2 aromatic heterocycles. The van der Waals surface area contributed by atoms with Crippen molar-refractivity contribution in [3.8, 4) is 0 Å². The summed E-state index contributed by atoms with van der Waals surface area (Å²) in [4.78, 5) is 19.5. The van der Waals surface area contributed by atoms with Crippen molar-refractivity contribution in [3.05, 3.63) is 47.9 Å². The van der Waals surface area contributed by atoms with E-state index in [0.717, 1.165) is 42.7 Å². The molecular formula is C26H31FN6O3. The number of carbonyl (C=O) groups excluding carboxylic acids is 1. The van der Waals surface area contributed by atoms with Crippen molar-refractivity contribution in [2.75, 3.05) is 23.3 Å². The second-order valence-corrected chi connectivity index (χ2v) is 11.1. The number of anilines is 2. The first kappa shape index (κ1) is 23.2. The lowest BCUT2D eigenvalue weighted by atomic mass is 9.75. The minimum Gasteiger partial charge on any atom is -0.388 e. The van der Waals surface area contributed by atoms with Gasteiger partial charge in [0.15, 0.2) is 5.82 Å². The number of aliphatic hydroxyl groups is 1. The van der Waals surface area contributed by atoms with Gasteiger partial charge in [0.25, 0.3) is 0 Å². The summed E-state index contributed by atoms with van der Waals surface area (Å²) < 4.78 is 19.6. The van der Waals surface area contributed by atoms with E-state index in [4.69, 9.17) is 4.74 Å². The molecule has 5 atom stereocenters. The molecule has 0 aliphatic carbocycles. The van der Waals surface area contributed by atoms with Crippen LogP contribution in [0.15, 0.2) is 36.5 Å². The van der Waals surface area contributed by atoms with Crippen molar-refractivity contribution in [2.24, 2.45) is 11.8 Å². The summed E-state index contributed by atoms with van der Waals surface area (Å²) in [7, 11) is 0. The number of benzene rings is 1. The Morgan fingerprint density at radius 3 is 2.83 bits per heavy atom. The number of hydrogen-bond acceptors (Lipinski definition) is 6. The molecule has 2 amide bonds. The van der Waals surface area contributed by atoms with Crippen LogP contribution in [0.3, 0.4) is 0 Å². The summed E-state index contributed by atoms with van der Waals surface area (Å²) in [6.07, 6.45) is 4.34. The lowest BCUT2D eigenvalue weighted by molar-refractivity contribution is 0.00663. The number of urea groups is 1. The van der Waals surface area contributed by atoms with Crippen molar-refractivity contribution in [1.82, 2.24) is 20.5 Å². The maximum Gasteiger partial charge on any atom is 0.320 e. The first-order chi connectivity index (χ1) is 17.1. The van der Waals surface area contributed by atoms with E-state index in [2.05, 4.69) is 37.6 Å². The van der Waals surface area contributed by atoms with E-state index < -0.39 is 17.7 Å². The first-order valence-electron chi connectivity index (χ1n) is 12.4.